The van der Waals surface area contributed by atoms with E-state index in [1.807, 2.05) is 6.92 Å². The number of ether oxygens (including phenoxy) is 1. The molecule has 2 unspecified atom stereocenters. The topological polar surface area (TPSA) is 70.3 Å². The van der Waals surface area contributed by atoms with Crippen LogP contribution in [0.5, 0.6) is 0 Å². The van der Waals surface area contributed by atoms with Crippen molar-refractivity contribution in [3.63, 3.8) is 0 Å². The van der Waals surface area contributed by atoms with E-state index in [9.17, 15) is 9.90 Å². The number of carbonyl (C=O) groups excluding carboxylic acids is 1. The predicted octanol–water partition coefficient (Wildman–Crippen LogP) is 3.98. The Morgan fingerprint density at radius 3 is 2.38 bits per heavy atom. The summed E-state index contributed by atoms with van der Waals surface area (Å²) in [6.45, 7) is 10.7. The van der Waals surface area contributed by atoms with Crippen LogP contribution in [0.4, 0.5) is 0 Å². The van der Waals surface area contributed by atoms with E-state index in [1.54, 1.807) is 37.3 Å². The number of esters is 1. The lowest BCUT2D eigenvalue weighted by Crippen LogP contribution is -2.27. The third-order valence-corrected chi connectivity index (χ3v) is 6.28. The van der Waals surface area contributed by atoms with Gasteiger partial charge in [0.2, 0.25) is 0 Å². The average Bonchev–Trinajstić information content (AvgIpc) is 2.53. The van der Waals surface area contributed by atoms with Crippen molar-refractivity contribution in [3.8, 4) is 6.07 Å². The molecule has 130 valence electrons. The lowest BCUT2D eigenvalue weighted by atomic mass is 9.94. The maximum atomic E-state index is 11.8. The molecule has 24 heavy (non-hydrogen) atoms. The largest absolute Gasteiger partial charge is 0.463 e. The molecule has 1 aromatic rings. The molecule has 0 aliphatic rings. The molecule has 0 aliphatic heterocycles. The molecule has 0 heterocycles. The fourth-order valence-electron chi connectivity index (χ4n) is 2.45. The molecule has 0 saturated heterocycles. The van der Waals surface area contributed by atoms with E-state index in [0.717, 1.165) is 10.8 Å². The summed E-state index contributed by atoms with van der Waals surface area (Å²) in [4.78, 5) is 11.8. The molecule has 0 spiro atoms. The highest BCUT2D eigenvalue weighted by Crippen LogP contribution is 2.30. The number of nitriles is 1. The first kappa shape index (κ1) is 20.1. The van der Waals surface area contributed by atoms with Crippen LogP contribution in [-0.2, 0) is 9.53 Å². The third-order valence-electron chi connectivity index (χ3n) is 4.00. The quantitative estimate of drug-likeness (QED) is 0.461. The van der Waals surface area contributed by atoms with Gasteiger partial charge in [-0.3, -0.25) is 0 Å². The van der Waals surface area contributed by atoms with Gasteiger partial charge in [0.25, 0.3) is 0 Å². The van der Waals surface area contributed by atoms with Crippen LogP contribution in [0.25, 0.3) is 0 Å². The van der Waals surface area contributed by atoms with Gasteiger partial charge in [-0.2, -0.15) is 5.26 Å². The monoisotopic (exact) mass is 345 g/mol. The van der Waals surface area contributed by atoms with Crippen molar-refractivity contribution in [1.82, 2.24) is 0 Å². The maximum absolute atomic E-state index is 11.8. The van der Waals surface area contributed by atoms with E-state index in [2.05, 4.69) is 25.7 Å². The normalized spacial score (nSPS) is 14.6. The summed E-state index contributed by atoms with van der Waals surface area (Å²) in [5, 5.41) is 20.5. The second-order valence-corrected chi connectivity index (χ2v) is 12.2. The van der Waals surface area contributed by atoms with Gasteiger partial charge in [0.1, 0.15) is 0 Å². The Balaban J connectivity index is 2.92. The Morgan fingerprint density at radius 2 is 1.92 bits per heavy atom. The van der Waals surface area contributed by atoms with Crippen molar-refractivity contribution in [2.24, 2.45) is 5.92 Å². The Labute approximate surface area is 145 Å². The summed E-state index contributed by atoms with van der Waals surface area (Å²) >= 11 is 0. The highest BCUT2D eigenvalue weighted by Gasteiger charge is 2.26. The van der Waals surface area contributed by atoms with Crippen LogP contribution in [0.1, 0.15) is 37.5 Å². The molecule has 0 radical (unpaired) electrons. The second-order valence-electron chi connectivity index (χ2n) is 7.03. The van der Waals surface area contributed by atoms with Crippen molar-refractivity contribution < 1.29 is 14.6 Å². The smallest absolute Gasteiger partial charge is 0.330 e. The lowest BCUT2D eigenvalue weighted by Gasteiger charge is -2.26. The number of benzene rings is 1. The molecule has 0 aliphatic carbocycles. The molecular formula is C19H27NO3Si. The standard InChI is InChI=1S/C19H27NO3Si/c1-6-23-18(21)12-17(24(3,4)5)11-14(2)19(22)16-9-7-15(13-20)8-10-16/h7-10,12,14,19,22H,6,11H2,1-5H3/b17-12-. The molecule has 5 heteroatoms. The van der Waals surface area contributed by atoms with Crippen LogP contribution in [0.2, 0.25) is 19.6 Å². The van der Waals surface area contributed by atoms with E-state index in [4.69, 9.17) is 10.00 Å². The summed E-state index contributed by atoms with van der Waals surface area (Å²) in [6.07, 6.45) is 1.62. The summed E-state index contributed by atoms with van der Waals surface area (Å²) in [6, 6.07) is 9.05. The zero-order chi connectivity index (χ0) is 18.3. The van der Waals surface area contributed by atoms with Crippen molar-refractivity contribution in [1.29, 1.82) is 5.26 Å². The first-order chi connectivity index (χ1) is 11.2. The zero-order valence-corrected chi connectivity index (χ0v) is 16.2. The van der Waals surface area contributed by atoms with Crippen LogP contribution < -0.4 is 0 Å². The van der Waals surface area contributed by atoms with Gasteiger partial charge in [0.05, 0.1) is 32.4 Å². The third kappa shape index (κ3) is 5.95. The Hall–Kier alpha value is -1.90. The van der Waals surface area contributed by atoms with Crippen molar-refractivity contribution in [2.45, 2.75) is 46.0 Å². The first-order valence-corrected chi connectivity index (χ1v) is 11.7. The van der Waals surface area contributed by atoms with Gasteiger partial charge in [0.15, 0.2) is 0 Å². The van der Waals surface area contributed by atoms with Gasteiger partial charge in [-0.15, -0.1) is 0 Å². The minimum Gasteiger partial charge on any atom is -0.463 e. The van der Waals surface area contributed by atoms with Crippen molar-refractivity contribution >= 4 is 14.0 Å². The van der Waals surface area contributed by atoms with Crippen LogP contribution in [0.3, 0.4) is 0 Å². The molecule has 1 rings (SSSR count). The average molecular weight is 346 g/mol. The van der Waals surface area contributed by atoms with Crippen LogP contribution in [0.15, 0.2) is 35.5 Å². The molecule has 0 fully saturated rings. The number of hydrogen-bond acceptors (Lipinski definition) is 4. The molecule has 0 bridgehead atoms. The fraction of sp³-hybridized carbons (Fsp3) is 0.474. The van der Waals surface area contributed by atoms with Crippen LogP contribution in [-0.4, -0.2) is 25.8 Å². The summed E-state index contributed by atoms with van der Waals surface area (Å²) in [5.41, 5.74) is 1.36. The molecule has 0 aromatic heterocycles. The number of nitrogens with zero attached hydrogens (tertiary/aromatic N) is 1. The Morgan fingerprint density at radius 1 is 1.33 bits per heavy atom. The minimum absolute atomic E-state index is 0.0367. The van der Waals surface area contributed by atoms with Gasteiger partial charge in [-0.05, 0) is 37.0 Å². The summed E-state index contributed by atoms with van der Waals surface area (Å²) < 4.78 is 5.03. The highest BCUT2D eigenvalue weighted by molar-refractivity contribution is 6.83. The van der Waals surface area contributed by atoms with E-state index in [0.29, 0.717) is 18.6 Å². The molecular weight excluding hydrogens is 318 g/mol. The number of allylic oxidation sites excluding steroid dienone is 1. The fourth-order valence-corrected chi connectivity index (χ4v) is 3.93. The van der Waals surface area contributed by atoms with E-state index in [1.165, 1.54) is 0 Å². The van der Waals surface area contributed by atoms with Crippen molar-refractivity contribution in [3.05, 3.63) is 46.7 Å². The first-order valence-electron chi connectivity index (χ1n) is 8.25. The Bertz CT molecular complexity index is 623. The number of hydrogen-bond donors (Lipinski definition) is 1. The molecule has 1 N–H and O–H groups in total. The van der Waals surface area contributed by atoms with Gasteiger partial charge in [-0.1, -0.05) is 43.9 Å². The van der Waals surface area contributed by atoms with Gasteiger partial charge in [0, 0.05) is 6.08 Å². The molecule has 4 nitrogen and oxygen atoms in total. The Kier molecular flexibility index (Phi) is 7.39. The SMILES string of the molecule is CCOC(=O)/C=C(/CC(C)C(O)c1ccc(C#N)cc1)[Si](C)(C)C. The lowest BCUT2D eigenvalue weighted by molar-refractivity contribution is -0.137. The van der Waals surface area contributed by atoms with Gasteiger partial charge in [-0.25, -0.2) is 4.79 Å². The molecule has 0 amide bonds. The second kappa shape index (κ2) is 8.81. The molecule has 1 aromatic carbocycles. The predicted molar refractivity (Wildman–Crippen MR) is 98.0 cm³/mol. The summed E-state index contributed by atoms with van der Waals surface area (Å²) in [7, 11) is -1.70. The van der Waals surface area contributed by atoms with Gasteiger partial charge >= 0.3 is 5.97 Å². The van der Waals surface area contributed by atoms with Crippen LogP contribution in [0, 0.1) is 17.2 Å². The van der Waals surface area contributed by atoms with E-state index in [-0.39, 0.29) is 11.9 Å². The number of carbonyl (C=O) groups is 1. The number of rotatable bonds is 7. The zero-order valence-electron chi connectivity index (χ0n) is 15.2. The number of aliphatic hydroxyl groups is 1. The van der Waals surface area contributed by atoms with E-state index < -0.39 is 14.2 Å². The minimum atomic E-state index is -1.70. The highest BCUT2D eigenvalue weighted by atomic mass is 28.3. The summed E-state index contributed by atoms with van der Waals surface area (Å²) in [5.74, 6) is -0.347. The van der Waals surface area contributed by atoms with Gasteiger partial charge < -0.3 is 9.84 Å². The van der Waals surface area contributed by atoms with E-state index >= 15 is 0 Å². The number of aliphatic hydroxyl groups excluding tert-OH is 1. The van der Waals surface area contributed by atoms with Crippen LogP contribution >= 0.6 is 0 Å². The molecule has 0 saturated carbocycles. The molecule has 2 atom stereocenters. The maximum Gasteiger partial charge on any atom is 0.330 e. The van der Waals surface area contributed by atoms with Crippen molar-refractivity contribution in [2.75, 3.05) is 6.61 Å².